The standard InChI is InChI=1S/C17H28N2O/c1-13(2)5-4-6-14(3)7-8-19-11-15-9-17(20)18-10-16(15)12-19/h5,7,15-16H,4,6,8-12H2,1-3H3,(H,18,20)/b14-7+/t15-,16+/m1/s1. The van der Waals surface area contributed by atoms with Gasteiger partial charge in [-0.1, -0.05) is 23.3 Å². The summed E-state index contributed by atoms with van der Waals surface area (Å²) in [5.74, 6) is 1.50. The van der Waals surface area contributed by atoms with Crippen molar-refractivity contribution in [1.29, 1.82) is 0 Å². The Morgan fingerprint density at radius 2 is 2.00 bits per heavy atom. The predicted octanol–water partition coefficient (Wildman–Crippen LogP) is 2.75. The summed E-state index contributed by atoms with van der Waals surface area (Å²) in [6.07, 6.45) is 7.70. The molecule has 2 aliphatic heterocycles. The highest BCUT2D eigenvalue weighted by Gasteiger charge is 2.36. The smallest absolute Gasteiger partial charge is 0.220 e. The monoisotopic (exact) mass is 276 g/mol. The number of allylic oxidation sites excluding steroid dienone is 3. The van der Waals surface area contributed by atoms with Crippen LogP contribution in [0.3, 0.4) is 0 Å². The largest absolute Gasteiger partial charge is 0.356 e. The van der Waals surface area contributed by atoms with Crippen LogP contribution in [0.25, 0.3) is 0 Å². The summed E-state index contributed by atoms with van der Waals surface area (Å²) in [5, 5.41) is 2.99. The van der Waals surface area contributed by atoms with E-state index in [4.69, 9.17) is 0 Å². The minimum absolute atomic E-state index is 0.238. The van der Waals surface area contributed by atoms with Gasteiger partial charge in [-0.25, -0.2) is 0 Å². The van der Waals surface area contributed by atoms with Crippen molar-refractivity contribution in [2.24, 2.45) is 11.8 Å². The van der Waals surface area contributed by atoms with Crippen molar-refractivity contribution in [2.45, 2.75) is 40.0 Å². The van der Waals surface area contributed by atoms with Crippen LogP contribution in [-0.4, -0.2) is 37.0 Å². The minimum Gasteiger partial charge on any atom is -0.356 e. The summed E-state index contributed by atoms with van der Waals surface area (Å²) in [6, 6.07) is 0. The fourth-order valence-corrected chi connectivity index (χ4v) is 3.18. The van der Waals surface area contributed by atoms with Crippen molar-refractivity contribution < 1.29 is 4.79 Å². The first-order valence-electron chi connectivity index (χ1n) is 7.82. The molecule has 1 N–H and O–H groups in total. The number of hydrogen-bond donors (Lipinski definition) is 1. The number of rotatable bonds is 5. The summed E-state index contributed by atoms with van der Waals surface area (Å²) in [4.78, 5) is 13.9. The molecule has 20 heavy (non-hydrogen) atoms. The summed E-state index contributed by atoms with van der Waals surface area (Å²) in [5.41, 5.74) is 2.88. The number of carbonyl (C=O) groups is 1. The number of nitrogens with one attached hydrogen (secondary N) is 1. The van der Waals surface area contributed by atoms with Crippen molar-refractivity contribution in [2.75, 3.05) is 26.2 Å². The molecule has 0 unspecified atom stereocenters. The highest BCUT2D eigenvalue weighted by atomic mass is 16.1. The first-order valence-corrected chi connectivity index (χ1v) is 7.82. The molecule has 3 heteroatoms. The average molecular weight is 276 g/mol. The summed E-state index contributed by atoms with van der Waals surface area (Å²) in [7, 11) is 0. The SMILES string of the molecule is CC(C)=CCC/C(C)=C/CN1C[C@H]2CC(=O)NC[C@H]2C1. The summed E-state index contributed by atoms with van der Waals surface area (Å²) >= 11 is 0. The first-order chi connectivity index (χ1) is 9.54. The predicted molar refractivity (Wildman–Crippen MR) is 83.5 cm³/mol. The van der Waals surface area contributed by atoms with E-state index in [1.54, 1.807) is 0 Å². The number of piperidine rings is 1. The molecular formula is C17H28N2O. The second-order valence-electron chi connectivity index (χ2n) is 6.62. The van der Waals surface area contributed by atoms with Gasteiger partial charge >= 0.3 is 0 Å². The fraction of sp³-hybridized carbons (Fsp3) is 0.706. The Bertz CT molecular complexity index is 407. The van der Waals surface area contributed by atoms with Crippen LogP contribution >= 0.6 is 0 Å². The Labute approximate surface area is 123 Å². The Morgan fingerprint density at radius 3 is 2.75 bits per heavy atom. The van der Waals surface area contributed by atoms with Gasteiger partial charge in [0.15, 0.2) is 0 Å². The lowest BCUT2D eigenvalue weighted by atomic mass is 9.89. The van der Waals surface area contributed by atoms with Gasteiger partial charge in [0.25, 0.3) is 0 Å². The Balaban J connectivity index is 1.74. The van der Waals surface area contributed by atoms with Gasteiger partial charge in [-0.15, -0.1) is 0 Å². The van der Waals surface area contributed by atoms with Crippen molar-refractivity contribution in [3.63, 3.8) is 0 Å². The lowest BCUT2D eigenvalue weighted by molar-refractivity contribution is -0.124. The number of fused-ring (bicyclic) bond motifs is 1. The van der Waals surface area contributed by atoms with Gasteiger partial charge in [0, 0.05) is 32.6 Å². The number of nitrogens with zero attached hydrogens (tertiary/aromatic N) is 1. The molecule has 1 amide bonds. The van der Waals surface area contributed by atoms with E-state index in [9.17, 15) is 4.79 Å². The number of carbonyl (C=O) groups excluding carboxylic acids is 1. The van der Waals surface area contributed by atoms with E-state index in [-0.39, 0.29) is 5.91 Å². The summed E-state index contributed by atoms with van der Waals surface area (Å²) in [6.45, 7) is 10.7. The summed E-state index contributed by atoms with van der Waals surface area (Å²) < 4.78 is 0. The van der Waals surface area contributed by atoms with E-state index in [0.717, 1.165) is 45.4 Å². The van der Waals surface area contributed by atoms with Gasteiger partial charge in [0.05, 0.1) is 0 Å². The molecule has 0 saturated carbocycles. The third-order valence-corrected chi connectivity index (χ3v) is 4.45. The van der Waals surface area contributed by atoms with Crippen molar-refractivity contribution in [3.8, 4) is 0 Å². The molecule has 0 aromatic carbocycles. The molecule has 0 aromatic heterocycles. The van der Waals surface area contributed by atoms with E-state index in [1.165, 1.54) is 11.1 Å². The van der Waals surface area contributed by atoms with E-state index in [1.807, 2.05) is 0 Å². The second kappa shape index (κ2) is 7.07. The second-order valence-corrected chi connectivity index (χ2v) is 6.62. The van der Waals surface area contributed by atoms with Gasteiger partial charge in [-0.05, 0) is 45.4 Å². The Hall–Kier alpha value is -1.09. The van der Waals surface area contributed by atoms with Crippen molar-refractivity contribution in [3.05, 3.63) is 23.3 Å². The molecule has 0 radical (unpaired) electrons. The van der Waals surface area contributed by atoms with Crippen LogP contribution in [0.5, 0.6) is 0 Å². The van der Waals surface area contributed by atoms with Crippen LogP contribution in [0, 0.1) is 11.8 Å². The number of hydrogen-bond acceptors (Lipinski definition) is 2. The van der Waals surface area contributed by atoms with Crippen LogP contribution in [0.1, 0.15) is 40.0 Å². The number of likely N-dealkylation sites (tertiary alicyclic amines) is 1. The molecule has 0 aliphatic carbocycles. The van der Waals surface area contributed by atoms with Crippen LogP contribution in [-0.2, 0) is 4.79 Å². The zero-order chi connectivity index (χ0) is 14.5. The zero-order valence-corrected chi connectivity index (χ0v) is 13.1. The van der Waals surface area contributed by atoms with Crippen LogP contribution in [0.4, 0.5) is 0 Å². The zero-order valence-electron chi connectivity index (χ0n) is 13.1. The highest BCUT2D eigenvalue weighted by Crippen LogP contribution is 2.28. The minimum atomic E-state index is 0.238. The van der Waals surface area contributed by atoms with Crippen molar-refractivity contribution >= 4 is 5.91 Å². The molecule has 2 rings (SSSR count). The average Bonchev–Trinajstić information content (AvgIpc) is 2.77. The van der Waals surface area contributed by atoms with Gasteiger partial charge in [-0.2, -0.15) is 0 Å². The lowest BCUT2D eigenvalue weighted by Crippen LogP contribution is -2.39. The molecule has 112 valence electrons. The maximum atomic E-state index is 11.4. The maximum Gasteiger partial charge on any atom is 0.220 e. The topological polar surface area (TPSA) is 32.3 Å². The van der Waals surface area contributed by atoms with E-state index < -0.39 is 0 Å². The molecule has 0 bridgehead atoms. The normalized spacial score (nSPS) is 27.1. The van der Waals surface area contributed by atoms with Gasteiger partial charge in [-0.3, -0.25) is 9.69 Å². The molecular weight excluding hydrogens is 248 g/mol. The Kier molecular flexibility index (Phi) is 5.41. The molecule has 2 fully saturated rings. The molecule has 2 atom stereocenters. The van der Waals surface area contributed by atoms with E-state index >= 15 is 0 Å². The molecule has 0 aromatic rings. The third-order valence-electron chi connectivity index (χ3n) is 4.45. The van der Waals surface area contributed by atoms with Gasteiger partial charge in [0.2, 0.25) is 5.91 Å². The van der Waals surface area contributed by atoms with E-state index in [0.29, 0.717) is 11.8 Å². The third kappa shape index (κ3) is 4.48. The van der Waals surface area contributed by atoms with Crippen LogP contribution in [0.15, 0.2) is 23.3 Å². The van der Waals surface area contributed by atoms with Gasteiger partial charge < -0.3 is 5.32 Å². The molecule has 2 aliphatic rings. The maximum absolute atomic E-state index is 11.4. The van der Waals surface area contributed by atoms with Crippen LogP contribution in [0.2, 0.25) is 0 Å². The Morgan fingerprint density at radius 1 is 1.25 bits per heavy atom. The highest BCUT2D eigenvalue weighted by molar-refractivity contribution is 5.77. The molecule has 2 saturated heterocycles. The fourth-order valence-electron chi connectivity index (χ4n) is 3.18. The van der Waals surface area contributed by atoms with Gasteiger partial charge in [0.1, 0.15) is 0 Å². The molecule has 0 spiro atoms. The molecule has 3 nitrogen and oxygen atoms in total. The van der Waals surface area contributed by atoms with E-state index in [2.05, 4.69) is 43.1 Å². The number of amides is 1. The molecule has 2 heterocycles. The first kappa shape index (κ1) is 15.3. The van der Waals surface area contributed by atoms with Crippen LogP contribution < -0.4 is 5.32 Å². The quantitative estimate of drug-likeness (QED) is 0.783. The lowest BCUT2D eigenvalue weighted by Gasteiger charge is -2.23. The van der Waals surface area contributed by atoms with Crippen molar-refractivity contribution in [1.82, 2.24) is 10.2 Å².